The minimum Gasteiger partial charge on any atom is -0.493 e. The Bertz CT molecular complexity index is 769. The van der Waals surface area contributed by atoms with Gasteiger partial charge in [0, 0.05) is 19.0 Å². The van der Waals surface area contributed by atoms with E-state index in [2.05, 4.69) is 41.4 Å². The zero-order chi connectivity index (χ0) is 19.9. The fourth-order valence-electron chi connectivity index (χ4n) is 2.48. The molecule has 0 atom stereocenters. The number of oxazole rings is 1. The van der Waals surface area contributed by atoms with E-state index in [0.717, 1.165) is 35.8 Å². The summed E-state index contributed by atoms with van der Waals surface area (Å²) in [6.07, 6.45) is 2.61. The molecule has 156 valence electrons. The fraction of sp³-hybridized carbons (Fsp3) is 0.500. The van der Waals surface area contributed by atoms with Gasteiger partial charge in [0.15, 0.2) is 17.5 Å². The van der Waals surface area contributed by atoms with Crippen molar-refractivity contribution in [3.8, 4) is 11.5 Å². The number of hydrogen-bond acceptors (Lipinski definition) is 5. The Labute approximate surface area is 184 Å². The summed E-state index contributed by atoms with van der Waals surface area (Å²) in [6.45, 7) is 7.50. The molecule has 0 fully saturated rings. The normalized spacial score (nSPS) is 11.6. The van der Waals surface area contributed by atoms with Crippen molar-refractivity contribution >= 4 is 29.9 Å². The molecule has 2 rings (SSSR count). The van der Waals surface area contributed by atoms with E-state index in [0.29, 0.717) is 18.4 Å². The van der Waals surface area contributed by atoms with Crippen LogP contribution in [-0.4, -0.2) is 38.8 Å². The quantitative estimate of drug-likeness (QED) is 0.343. The van der Waals surface area contributed by atoms with Gasteiger partial charge in [0.05, 0.1) is 27.0 Å². The number of nitrogens with one attached hydrogen (secondary N) is 2. The minimum absolute atomic E-state index is 0. The topological polar surface area (TPSA) is 80.9 Å². The summed E-state index contributed by atoms with van der Waals surface area (Å²) in [5.41, 5.74) is 1.10. The molecule has 1 aromatic heterocycles. The molecule has 1 aromatic carbocycles. The average molecular weight is 502 g/mol. The number of nitrogens with zero attached hydrogens (tertiary/aromatic N) is 2. The molecule has 0 unspecified atom stereocenters. The van der Waals surface area contributed by atoms with Crippen LogP contribution >= 0.6 is 24.0 Å². The van der Waals surface area contributed by atoms with Crippen LogP contribution in [0.5, 0.6) is 11.5 Å². The molecule has 1 heterocycles. The second kappa shape index (κ2) is 11.1. The molecule has 0 spiro atoms. The largest absolute Gasteiger partial charge is 0.493 e. The summed E-state index contributed by atoms with van der Waals surface area (Å²) >= 11 is 0. The molecule has 0 aliphatic carbocycles. The highest BCUT2D eigenvalue weighted by atomic mass is 127. The molecule has 0 aliphatic heterocycles. The van der Waals surface area contributed by atoms with Crippen LogP contribution in [0.3, 0.4) is 0 Å². The Morgan fingerprint density at radius 1 is 1.14 bits per heavy atom. The number of methoxy groups -OCH3 is 2. The lowest BCUT2D eigenvalue weighted by molar-refractivity contribution is 0.354. The molecule has 8 heteroatoms. The summed E-state index contributed by atoms with van der Waals surface area (Å²) in [4.78, 5) is 8.55. The van der Waals surface area contributed by atoms with Crippen LogP contribution in [-0.2, 0) is 18.4 Å². The third kappa shape index (κ3) is 6.88. The smallest absolute Gasteiger partial charge is 0.213 e. The first kappa shape index (κ1) is 24.1. The first-order valence-electron chi connectivity index (χ1n) is 8.98. The fourth-order valence-corrected chi connectivity index (χ4v) is 2.48. The second-order valence-corrected chi connectivity index (χ2v) is 7.16. The number of halogens is 1. The molecule has 0 aliphatic rings. The SMILES string of the molecule is CN=C(NCCc1ccc(OC)c(OC)c1)NCc1ncc(C(C)(C)C)o1.I. The van der Waals surface area contributed by atoms with E-state index in [4.69, 9.17) is 13.9 Å². The van der Waals surface area contributed by atoms with Crippen LogP contribution in [0.25, 0.3) is 0 Å². The predicted molar refractivity (Wildman–Crippen MR) is 122 cm³/mol. The van der Waals surface area contributed by atoms with Crippen molar-refractivity contribution in [1.82, 2.24) is 15.6 Å². The maximum Gasteiger partial charge on any atom is 0.213 e. The third-order valence-electron chi connectivity index (χ3n) is 4.08. The van der Waals surface area contributed by atoms with Gasteiger partial charge in [-0.2, -0.15) is 0 Å². The van der Waals surface area contributed by atoms with E-state index in [1.807, 2.05) is 18.2 Å². The predicted octanol–water partition coefficient (Wildman–Crippen LogP) is 3.52. The van der Waals surface area contributed by atoms with Gasteiger partial charge in [0.2, 0.25) is 5.89 Å². The zero-order valence-electron chi connectivity index (χ0n) is 17.5. The summed E-state index contributed by atoms with van der Waals surface area (Å²) < 4.78 is 16.4. The Morgan fingerprint density at radius 2 is 1.86 bits per heavy atom. The summed E-state index contributed by atoms with van der Waals surface area (Å²) in [5.74, 6) is 3.67. The van der Waals surface area contributed by atoms with Crippen molar-refractivity contribution in [1.29, 1.82) is 0 Å². The lowest BCUT2D eigenvalue weighted by Gasteiger charge is -2.13. The molecule has 0 amide bonds. The maximum atomic E-state index is 5.78. The van der Waals surface area contributed by atoms with Crippen molar-refractivity contribution in [3.63, 3.8) is 0 Å². The third-order valence-corrected chi connectivity index (χ3v) is 4.08. The lowest BCUT2D eigenvalue weighted by atomic mass is 9.94. The van der Waals surface area contributed by atoms with Gasteiger partial charge in [-0.25, -0.2) is 4.98 Å². The van der Waals surface area contributed by atoms with E-state index < -0.39 is 0 Å². The monoisotopic (exact) mass is 502 g/mol. The summed E-state index contributed by atoms with van der Waals surface area (Å²) in [7, 11) is 5.01. The maximum absolute atomic E-state index is 5.78. The van der Waals surface area contributed by atoms with Gasteiger partial charge in [0.1, 0.15) is 5.76 Å². The van der Waals surface area contributed by atoms with Crippen LogP contribution in [0, 0.1) is 0 Å². The minimum atomic E-state index is -0.0510. The Morgan fingerprint density at radius 3 is 2.43 bits per heavy atom. The highest BCUT2D eigenvalue weighted by Gasteiger charge is 2.19. The first-order chi connectivity index (χ1) is 12.9. The van der Waals surface area contributed by atoms with E-state index >= 15 is 0 Å². The number of benzene rings is 1. The summed E-state index contributed by atoms with van der Waals surface area (Å²) in [6, 6.07) is 5.92. The van der Waals surface area contributed by atoms with Gasteiger partial charge in [-0.1, -0.05) is 26.8 Å². The van der Waals surface area contributed by atoms with Gasteiger partial charge in [-0.3, -0.25) is 4.99 Å². The van der Waals surface area contributed by atoms with Crippen molar-refractivity contribution < 1.29 is 13.9 Å². The molecular weight excluding hydrogens is 471 g/mol. The highest BCUT2D eigenvalue weighted by molar-refractivity contribution is 14.0. The van der Waals surface area contributed by atoms with E-state index in [9.17, 15) is 0 Å². The van der Waals surface area contributed by atoms with Gasteiger partial charge in [-0.15, -0.1) is 24.0 Å². The molecule has 0 saturated heterocycles. The average Bonchev–Trinajstić information content (AvgIpc) is 3.13. The first-order valence-corrected chi connectivity index (χ1v) is 8.98. The van der Waals surface area contributed by atoms with Crippen LogP contribution in [0.1, 0.15) is 38.0 Å². The molecule has 7 nitrogen and oxygen atoms in total. The molecule has 0 radical (unpaired) electrons. The Balaban J connectivity index is 0.00000392. The molecule has 28 heavy (non-hydrogen) atoms. The van der Waals surface area contributed by atoms with E-state index in [-0.39, 0.29) is 29.4 Å². The van der Waals surface area contributed by atoms with Crippen molar-refractivity contribution in [2.45, 2.75) is 39.2 Å². The van der Waals surface area contributed by atoms with Crippen molar-refractivity contribution in [2.75, 3.05) is 27.8 Å². The van der Waals surface area contributed by atoms with E-state index in [1.165, 1.54) is 0 Å². The van der Waals surface area contributed by atoms with Gasteiger partial charge < -0.3 is 24.5 Å². The molecular formula is C20H31IN4O3. The number of rotatable bonds is 7. The number of aromatic nitrogens is 1. The molecule has 0 bridgehead atoms. The number of guanidine groups is 1. The molecule has 2 N–H and O–H groups in total. The van der Waals surface area contributed by atoms with Crippen LogP contribution in [0.2, 0.25) is 0 Å². The van der Waals surface area contributed by atoms with Crippen LogP contribution in [0.4, 0.5) is 0 Å². The number of hydrogen-bond donors (Lipinski definition) is 2. The van der Waals surface area contributed by atoms with Gasteiger partial charge in [-0.05, 0) is 24.1 Å². The summed E-state index contributed by atoms with van der Waals surface area (Å²) in [5, 5.41) is 6.50. The standard InChI is InChI=1S/C20H30N4O3.HI/c1-20(2,3)17-12-23-18(27-17)13-24-19(21-4)22-10-9-14-7-8-15(25-5)16(11-14)26-6;/h7-8,11-12H,9-10,13H2,1-6H3,(H2,21,22,24);1H. The molecule has 0 saturated carbocycles. The Hall–Kier alpha value is -1.97. The second-order valence-electron chi connectivity index (χ2n) is 7.16. The molecule has 2 aromatic rings. The highest BCUT2D eigenvalue weighted by Crippen LogP contribution is 2.27. The number of aliphatic imine (C=N–C) groups is 1. The van der Waals surface area contributed by atoms with Gasteiger partial charge in [0.25, 0.3) is 0 Å². The van der Waals surface area contributed by atoms with Crippen LogP contribution in [0.15, 0.2) is 33.8 Å². The Kier molecular flexibility index (Phi) is 9.57. The zero-order valence-corrected chi connectivity index (χ0v) is 19.8. The van der Waals surface area contributed by atoms with Crippen molar-refractivity contribution in [3.05, 3.63) is 41.6 Å². The number of ether oxygens (including phenoxy) is 2. The van der Waals surface area contributed by atoms with Gasteiger partial charge >= 0.3 is 0 Å². The van der Waals surface area contributed by atoms with Crippen LogP contribution < -0.4 is 20.1 Å². The van der Waals surface area contributed by atoms with E-state index in [1.54, 1.807) is 27.5 Å². The van der Waals surface area contributed by atoms with Crippen molar-refractivity contribution in [2.24, 2.45) is 4.99 Å². The lowest BCUT2D eigenvalue weighted by Crippen LogP contribution is -2.37.